The number of morpholine rings is 1. The Kier molecular flexibility index (Phi) is 10.6. The van der Waals surface area contributed by atoms with E-state index in [0.29, 0.717) is 0 Å². The molecule has 0 atom stereocenters. The molecule has 1 aromatic heterocycles. The van der Waals surface area contributed by atoms with E-state index in [1.54, 1.807) is 0 Å². The maximum atomic E-state index is 6.19. The average molecular weight is 422 g/mol. The molecule has 1 aliphatic heterocycles. The Morgan fingerprint density at radius 1 is 1.12 bits per heavy atom. The second kappa shape index (κ2) is 11.9. The van der Waals surface area contributed by atoms with E-state index in [9.17, 15) is 0 Å². The predicted molar refractivity (Wildman–Crippen MR) is 112 cm³/mol. The molecule has 7 heteroatoms. The minimum absolute atomic E-state index is 0. The van der Waals surface area contributed by atoms with Gasteiger partial charge in [0.2, 0.25) is 0 Å². The topological polar surface area (TPSA) is 37.6 Å². The summed E-state index contributed by atoms with van der Waals surface area (Å²) >= 11 is 6.19. The number of hydrogen-bond acceptors (Lipinski definition) is 4. The maximum Gasteiger partial charge on any atom is 0.134 e. The SMILES string of the molecule is Cc1c(Cl)cccc1-c1ccc(CNCCCN2CCOCC2)o1.Cl.Cl. The zero-order valence-corrected chi connectivity index (χ0v) is 17.4. The summed E-state index contributed by atoms with van der Waals surface area (Å²) in [5, 5.41) is 4.22. The molecule has 2 heterocycles. The van der Waals surface area contributed by atoms with Crippen molar-refractivity contribution >= 4 is 36.4 Å². The lowest BCUT2D eigenvalue weighted by Gasteiger charge is -2.26. The molecule has 0 amide bonds. The summed E-state index contributed by atoms with van der Waals surface area (Å²) in [4.78, 5) is 2.46. The summed E-state index contributed by atoms with van der Waals surface area (Å²) in [6.45, 7) is 8.73. The largest absolute Gasteiger partial charge is 0.460 e. The predicted octanol–water partition coefficient (Wildman–Crippen LogP) is 4.56. The van der Waals surface area contributed by atoms with Crippen molar-refractivity contribution in [2.24, 2.45) is 0 Å². The van der Waals surface area contributed by atoms with Gasteiger partial charge in [0.25, 0.3) is 0 Å². The summed E-state index contributed by atoms with van der Waals surface area (Å²) in [5.41, 5.74) is 2.11. The third-order valence-electron chi connectivity index (χ3n) is 4.43. The van der Waals surface area contributed by atoms with Crippen LogP contribution in [0.1, 0.15) is 17.7 Å². The summed E-state index contributed by atoms with van der Waals surface area (Å²) in [6.07, 6.45) is 1.14. The molecular formula is C19H27Cl3N2O2. The van der Waals surface area contributed by atoms with Gasteiger partial charge in [-0.15, -0.1) is 24.8 Å². The van der Waals surface area contributed by atoms with Gasteiger partial charge >= 0.3 is 0 Å². The van der Waals surface area contributed by atoms with Gasteiger partial charge in [-0.3, -0.25) is 4.90 Å². The monoisotopic (exact) mass is 420 g/mol. The Morgan fingerprint density at radius 3 is 2.65 bits per heavy atom. The molecule has 0 unspecified atom stereocenters. The highest BCUT2D eigenvalue weighted by atomic mass is 35.5. The van der Waals surface area contributed by atoms with Crippen LogP contribution in [0.25, 0.3) is 11.3 Å². The number of rotatable bonds is 7. The number of halogens is 3. The number of nitrogens with zero attached hydrogens (tertiary/aromatic N) is 1. The number of furan rings is 1. The lowest BCUT2D eigenvalue weighted by Crippen LogP contribution is -2.37. The van der Waals surface area contributed by atoms with E-state index in [2.05, 4.69) is 10.2 Å². The second-order valence-electron chi connectivity index (χ2n) is 6.16. The van der Waals surface area contributed by atoms with E-state index < -0.39 is 0 Å². The highest BCUT2D eigenvalue weighted by Gasteiger charge is 2.10. The fraction of sp³-hybridized carbons (Fsp3) is 0.474. The van der Waals surface area contributed by atoms with Gasteiger partial charge in [0, 0.05) is 23.7 Å². The van der Waals surface area contributed by atoms with E-state index >= 15 is 0 Å². The quantitative estimate of drug-likeness (QED) is 0.665. The Hall–Kier alpha value is -0.750. The molecule has 0 spiro atoms. The maximum absolute atomic E-state index is 6.19. The van der Waals surface area contributed by atoms with E-state index in [0.717, 1.165) is 80.0 Å². The van der Waals surface area contributed by atoms with Crippen molar-refractivity contribution in [2.45, 2.75) is 19.9 Å². The van der Waals surface area contributed by atoms with Crippen LogP contribution in [0.3, 0.4) is 0 Å². The molecule has 146 valence electrons. The molecule has 2 aromatic rings. The van der Waals surface area contributed by atoms with Crippen molar-refractivity contribution in [3.8, 4) is 11.3 Å². The van der Waals surface area contributed by atoms with Crippen LogP contribution in [0.15, 0.2) is 34.7 Å². The molecule has 0 bridgehead atoms. The van der Waals surface area contributed by atoms with Crippen LogP contribution in [-0.4, -0.2) is 44.3 Å². The van der Waals surface area contributed by atoms with E-state index in [1.165, 1.54) is 0 Å². The van der Waals surface area contributed by atoms with Crippen LogP contribution in [0.2, 0.25) is 5.02 Å². The van der Waals surface area contributed by atoms with Gasteiger partial charge in [-0.2, -0.15) is 0 Å². The first-order chi connectivity index (χ1) is 11.7. The van der Waals surface area contributed by atoms with Crippen LogP contribution >= 0.6 is 36.4 Å². The highest BCUT2D eigenvalue weighted by molar-refractivity contribution is 6.31. The minimum Gasteiger partial charge on any atom is -0.460 e. The van der Waals surface area contributed by atoms with Gasteiger partial charge in [-0.25, -0.2) is 0 Å². The standard InChI is InChI=1S/C19H25ClN2O2.2ClH/c1-15-17(4-2-5-18(15)20)19-7-6-16(24-19)14-21-8-3-9-22-10-12-23-13-11-22;;/h2,4-7,21H,3,8-14H2,1H3;2*1H. The molecule has 1 fully saturated rings. The van der Waals surface area contributed by atoms with Crippen molar-refractivity contribution < 1.29 is 9.15 Å². The first-order valence-corrected chi connectivity index (χ1v) is 8.97. The summed E-state index contributed by atoms with van der Waals surface area (Å²) in [5.74, 6) is 1.83. The Labute approximate surface area is 173 Å². The van der Waals surface area contributed by atoms with E-state index in [-0.39, 0.29) is 24.8 Å². The van der Waals surface area contributed by atoms with Gasteiger partial charge in [0.1, 0.15) is 11.5 Å². The van der Waals surface area contributed by atoms with Gasteiger partial charge in [-0.1, -0.05) is 23.7 Å². The second-order valence-corrected chi connectivity index (χ2v) is 6.57. The number of benzene rings is 1. The lowest BCUT2D eigenvalue weighted by atomic mass is 10.1. The molecule has 1 N–H and O–H groups in total. The Bertz CT molecular complexity index is 658. The first kappa shape index (κ1) is 23.3. The van der Waals surface area contributed by atoms with Gasteiger partial charge in [0.15, 0.2) is 0 Å². The number of ether oxygens (including phenoxy) is 1. The first-order valence-electron chi connectivity index (χ1n) is 8.59. The summed E-state index contributed by atoms with van der Waals surface area (Å²) in [6, 6.07) is 9.95. The molecule has 0 saturated carbocycles. The Morgan fingerprint density at radius 2 is 1.88 bits per heavy atom. The number of hydrogen-bond donors (Lipinski definition) is 1. The molecule has 0 radical (unpaired) electrons. The molecule has 4 nitrogen and oxygen atoms in total. The van der Waals surface area contributed by atoms with Crippen molar-refractivity contribution in [3.63, 3.8) is 0 Å². The van der Waals surface area contributed by atoms with Crippen LogP contribution in [0, 0.1) is 6.92 Å². The highest BCUT2D eigenvalue weighted by Crippen LogP contribution is 2.29. The normalized spacial score (nSPS) is 14.5. The van der Waals surface area contributed by atoms with Crippen LogP contribution < -0.4 is 5.32 Å². The van der Waals surface area contributed by atoms with Gasteiger partial charge in [-0.05, 0) is 50.2 Å². The summed E-state index contributed by atoms with van der Waals surface area (Å²) < 4.78 is 11.3. The smallest absolute Gasteiger partial charge is 0.134 e. The van der Waals surface area contributed by atoms with Crippen molar-refractivity contribution in [2.75, 3.05) is 39.4 Å². The third kappa shape index (κ3) is 6.45. The van der Waals surface area contributed by atoms with E-state index in [1.807, 2.05) is 37.3 Å². The van der Waals surface area contributed by atoms with Crippen LogP contribution in [0.4, 0.5) is 0 Å². The molecule has 1 aromatic carbocycles. The van der Waals surface area contributed by atoms with Gasteiger partial charge < -0.3 is 14.5 Å². The zero-order chi connectivity index (χ0) is 16.8. The van der Waals surface area contributed by atoms with Crippen molar-refractivity contribution in [1.82, 2.24) is 10.2 Å². The molecule has 1 saturated heterocycles. The number of nitrogens with one attached hydrogen (secondary N) is 1. The Balaban J connectivity index is 0.00000169. The zero-order valence-electron chi connectivity index (χ0n) is 15.0. The van der Waals surface area contributed by atoms with Crippen LogP contribution in [-0.2, 0) is 11.3 Å². The minimum atomic E-state index is 0. The fourth-order valence-electron chi connectivity index (χ4n) is 2.96. The van der Waals surface area contributed by atoms with Crippen molar-refractivity contribution in [1.29, 1.82) is 0 Å². The van der Waals surface area contributed by atoms with Gasteiger partial charge in [0.05, 0.1) is 19.8 Å². The molecular weight excluding hydrogens is 395 g/mol. The molecule has 26 heavy (non-hydrogen) atoms. The van der Waals surface area contributed by atoms with E-state index in [4.69, 9.17) is 20.8 Å². The van der Waals surface area contributed by atoms with Crippen LogP contribution in [0.5, 0.6) is 0 Å². The fourth-order valence-corrected chi connectivity index (χ4v) is 3.13. The summed E-state index contributed by atoms with van der Waals surface area (Å²) in [7, 11) is 0. The third-order valence-corrected chi connectivity index (χ3v) is 4.84. The molecule has 0 aliphatic carbocycles. The van der Waals surface area contributed by atoms with Crippen molar-refractivity contribution in [3.05, 3.63) is 46.7 Å². The molecule has 1 aliphatic rings. The average Bonchev–Trinajstić information content (AvgIpc) is 3.07. The molecule has 3 rings (SSSR count). The lowest BCUT2D eigenvalue weighted by molar-refractivity contribution is 0.0374.